The van der Waals surface area contributed by atoms with Crippen LogP contribution in [-0.4, -0.2) is 30.2 Å². The molecular weight excluding hydrogens is 456 g/mol. The summed E-state index contributed by atoms with van der Waals surface area (Å²) in [6.07, 6.45) is 5.09. The van der Waals surface area contributed by atoms with E-state index in [1.807, 2.05) is 12.2 Å². The molecule has 0 unspecified atom stereocenters. The minimum atomic E-state index is -0.624. The van der Waals surface area contributed by atoms with Gasteiger partial charge in [0.15, 0.2) is 0 Å². The zero-order valence-corrected chi connectivity index (χ0v) is 19.3. The Balaban J connectivity index is 1.29. The van der Waals surface area contributed by atoms with Gasteiger partial charge >= 0.3 is 5.97 Å². The van der Waals surface area contributed by atoms with Gasteiger partial charge in [0.2, 0.25) is 17.7 Å². The predicted octanol–water partition coefficient (Wildman–Crippen LogP) is 4.06. The lowest BCUT2D eigenvalue weighted by Crippen LogP contribution is -2.31. The second-order valence-corrected chi connectivity index (χ2v) is 9.30. The number of rotatable bonds is 4. The summed E-state index contributed by atoms with van der Waals surface area (Å²) in [7, 11) is 0. The van der Waals surface area contributed by atoms with Gasteiger partial charge < -0.3 is 9.64 Å². The van der Waals surface area contributed by atoms with Crippen molar-refractivity contribution in [1.29, 1.82) is 0 Å². The summed E-state index contributed by atoms with van der Waals surface area (Å²) in [5, 5.41) is 0.442. The number of carbonyl (C=O) groups excluding carboxylic acids is 4. The molecule has 2 aliphatic heterocycles. The third kappa shape index (κ3) is 3.80. The molecule has 0 N–H and O–H groups in total. The Bertz CT molecular complexity index is 1210. The molecule has 34 heavy (non-hydrogen) atoms. The predicted molar refractivity (Wildman–Crippen MR) is 127 cm³/mol. The zero-order valence-electron chi connectivity index (χ0n) is 18.6. The number of hydrogen-bond acceptors (Lipinski definition) is 5. The van der Waals surface area contributed by atoms with Crippen LogP contribution in [0.1, 0.15) is 24.8 Å². The molecule has 3 amide bonds. The second kappa shape index (κ2) is 8.72. The molecule has 174 valence electrons. The number of para-hydroxylation sites is 1. The van der Waals surface area contributed by atoms with E-state index in [4.69, 9.17) is 16.3 Å². The quantitative estimate of drug-likeness (QED) is 0.286. The number of aryl methyl sites for hydroxylation is 1. The lowest BCUT2D eigenvalue weighted by molar-refractivity contribution is -0.139. The molecule has 0 saturated carbocycles. The van der Waals surface area contributed by atoms with Crippen LogP contribution in [-0.2, 0) is 19.2 Å². The average Bonchev–Trinajstić information content (AvgIpc) is 3.33. The van der Waals surface area contributed by atoms with E-state index in [0.29, 0.717) is 40.6 Å². The van der Waals surface area contributed by atoms with Gasteiger partial charge in [0.1, 0.15) is 5.75 Å². The van der Waals surface area contributed by atoms with Crippen molar-refractivity contribution < 1.29 is 23.9 Å². The number of fused-ring (bicyclic) bond motifs is 1. The summed E-state index contributed by atoms with van der Waals surface area (Å²) in [5.74, 6) is -2.02. The first-order valence-electron chi connectivity index (χ1n) is 11.2. The van der Waals surface area contributed by atoms with Gasteiger partial charge in [0.05, 0.1) is 34.2 Å². The maximum absolute atomic E-state index is 12.9. The zero-order chi connectivity index (χ0) is 24.0. The first-order chi connectivity index (χ1) is 16.3. The Morgan fingerprint density at radius 1 is 0.971 bits per heavy atom. The fraction of sp³-hybridized carbons (Fsp3) is 0.308. The van der Waals surface area contributed by atoms with Gasteiger partial charge in [0.25, 0.3) is 0 Å². The lowest BCUT2D eigenvalue weighted by Gasteiger charge is -2.19. The van der Waals surface area contributed by atoms with Crippen molar-refractivity contribution in [2.75, 3.05) is 16.3 Å². The minimum Gasteiger partial charge on any atom is -0.426 e. The van der Waals surface area contributed by atoms with E-state index >= 15 is 0 Å². The van der Waals surface area contributed by atoms with Crippen molar-refractivity contribution in [3.8, 4) is 5.75 Å². The molecule has 8 heteroatoms. The van der Waals surface area contributed by atoms with Crippen molar-refractivity contribution in [3.05, 3.63) is 65.2 Å². The number of nitrogens with zero attached hydrogens (tertiary/aromatic N) is 2. The summed E-state index contributed by atoms with van der Waals surface area (Å²) in [6.45, 7) is 1.96. The molecule has 5 rings (SSSR count). The third-order valence-electron chi connectivity index (χ3n) is 6.74. The summed E-state index contributed by atoms with van der Waals surface area (Å²) in [6, 6.07) is 11.8. The van der Waals surface area contributed by atoms with Crippen molar-refractivity contribution in [2.24, 2.45) is 17.8 Å². The molecule has 0 radical (unpaired) electrons. The molecule has 0 aromatic heterocycles. The standard InChI is InChI=1S/C26H23ClN2O5/c1-15-12-17(10-11-21(15)29-24(31)18-6-2-3-7-19(18)25(29)32)34-26(33)16-13-23(30)28(14-16)22-9-5-4-8-20(22)27/h2-5,8-12,16,18-19H,6-7,13-14H2,1H3/t16-,18+,19+/m1/s1. The summed E-state index contributed by atoms with van der Waals surface area (Å²) in [5.41, 5.74) is 1.73. The van der Waals surface area contributed by atoms with Crippen LogP contribution in [0.3, 0.4) is 0 Å². The smallest absolute Gasteiger partial charge is 0.316 e. The van der Waals surface area contributed by atoms with Crippen LogP contribution < -0.4 is 14.5 Å². The number of carbonyl (C=O) groups is 4. The first-order valence-corrected chi connectivity index (χ1v) is 11.6. The molecule has 3 atom stereocenters. The van der Waals surface area contributed by atoms with E-state index in [0.717, 1.165) is 0 Å². The van der Waals surface area contributed by atoms with Gasteiger partial charge in [-0.1, -0.05) is 35.9 Å². The number of anilines is 2. The molecule has 2 aromatic carbocycles. The highest BCUT2D eigenvalue weighted by Gasteiger charge is 2.48. The number of imide groups is 1. The number of hydrogen-bond donors (Lipinski definition) is 0. The van der Waals surface area contributed by atoms with E-state index in [1.54, 1.807) is 49.4 Å². The highest BCUT2D eigenvalue weighted by atomic mass is 35.5. The van der Waals surface area contributed by atoms with Crippen LogP contribution in [0.2, 0.25) is 5.02 Å². The van der Waals surface area contributed by atoms with Gasteiger partial charge in [-0.05, 0) is 55.7 Å². The Hall–Kier alpha value is -3.45. The van der Waals surface area contributed by atoms with E-state index in [2.05, 4.69) is 0 Å². The highest BCUT2D eigenvalue weighted by molar-refractivity contribution is 6.34. The summed E-state index contributed by atoms with van der Waals surface area (Å²) in [4.78, 5) is 53.8. The topological polar surface area (TPSA) is 84.0 Å². The summed E-state index contributed by atoms with van der Waals surface area (Å²) < 4.78 is 5.56. The Kier molecular flexibility index (Phi) is 5.73. The number of allylic oxidation sites excluding steroid dienone is 2. The SMILES string of the molecule is Cc1cc(OC(=O)[C@@H]2CC(=O)N(c3ccccc3Cl)C2)ccc1N1C(=O)[C@H]2CC=CC[C@@H]2C1=O. The van der Waals surface area contributed by atoms with Gasteiger partial charge in [-0.3, -0.25) is 19.2 Å². The molecule has 0 spiro atoms. The number of amides is 3. The van der Waals surface area contributed by atoms with E-state index in [9.17, 15) is 19.2 Å². The van der Waals surface area contributed by atoms with Crippen molar-refractivity contribution in [2.45, 2.75) is 26.2 Å². The number of halogens is 1. The van der Waals surface area contributed by atoms with Gasteiger partial charge in [-0.25, -0.2) is 4.90 Å². The largest absolute Gasteiger partial charge is 0.426 e. The third-order valence-corrected chi connectivity index (χ3v) is 7.06. The fourth-order valence-electron chi connectivity index (χ4n) is 4.95. The summed E-state index contributed by atoms with van der Waals surface area (Å²) >= 11 is 6.21. The molecule has 2 fully saturated rings. The molecule has 1 aliphatic carbocycles. The number of esters is 1. The van der Waals surface area contributed by atoms with Crippen molar-refractivity contribution in [1.82, 2.24) is 0 Å². The maximum Gasteiger partial charge on any atom is 0.316 e. The number of ether oxygens (including phenoxy) is 1. The van der Waals surface area contributed by atoms with Crippen molar-refractivity contribution >= 4 is 46.7 Å². The monoisotopic (exact) mass is 478 g/mol. The van der Waals surface area contributed by atoms with Crippen LogP contribution in [0.15, 0.2) is 54.6 Å². The normalized spacial score (nSPS) is 24.1. The number of benzene rings is 2. The minimum absolute atomic E-state index is 0.0364. The van der Waals surface area contributed by atoms with Crippen molar-refractivity contribution in [3.63, 3.8) is 0 Å². The molecule has 7 nitrogen and oxygen atoms in total. The fourth-order valence-corrected chi connectivity index (χ4v) is 5.19. The Labute approximate surface area is 201 Å². The molecule has 0 bridgehead atoms. The van der Waals surface area contributed by atoms with Crippen LogP contribution >= 0.6 is 11.6 Å². The molecule has 2 saturated heterocycles. The lowest BCUT2D eigenvalue weighted by atomic mass is 9.85. The Morgan fingerprint density at radius 3 is 2.29 bits per heavy atom. The van der Waals surface area contributed by atoms with Crippen LogP contribution in [0.25, 0.3) is 0 Å². The van der Waals surface area contributed by atoms with Gasteiger partial charge in [-0.15, -0.1) is 0 Å². The molecular formula is C26H23ClN2O5. The first kappa shape index (κ1) is 22.3. The Morgan fingerprint density at radius 2 is 1.65 bits per heavy atom. The van der Waals surface area contributed by atoms with E-state index < -0.39 is 11.9 Å². The molecule has 3 aliphatic rings. The van der Waals surface area contributed by atoms with E-state index in [1.165, 1.54) is 9.80 Å². The molecule has 2 aromatic rings. The van der Waals surface area contributed by atoms with Crippen LogP contribution in [0.5, 0.6) is 5.75 Å². The maximum atomic E-state index is 12.9. The van der Waals surface area contributed by atoms with Gasteiger partial charge in [-0.2, -0.15) is 0 Å². The molecule has 2 heterocycles. The van der Waals surface area contributed by atoms with Crippen LogP contribution in [0.4, 0.5) is 11.4 Å². The second-order valence-electron chi connectivity index (χ2n) is 8.89. The highest BCUT2D eigenvalue weighted by Crippen LogP contribution is 2.39. The average molecular weight is 479 g/mol. The van der Waals surface area contributed by atoms with E-state index in [-0.39, 0.29) is 42.5 Å². The van der Waals surface area contributed by atoms with Gasteiger partial charge in [0, 0.05) is 13.0 Å². The van der Waals surface area contributed by atoms with Crippen LogP contribution in [0, 0.1) is 24.7 Å².